The fourth-order valence-electron chi connectivity index (χ4n) is 2.34. The lowest BCUT2D eigenvalue weighted by molar-refractivity contribution is -0.121. The molecule has 1 aliphatic rings. The summed E-state index contributed by atoms with van der Waals surface area (Å²) in [7, 11) is 0. The number of halogens is 3. The van der Waals surface area contributed by atoms with Crippen LogP contribution in [-0.4, -0.2) is 30.0 Å². The Morgan fingerprint density at radius 3 is 2.87 bits per heavy atom. The Hall–Kier alpha value is -0.180. The number of hydrogen-bond donors (Lipinski definition) is 2. The highest BCUT2D eigenvalue weighted by atomic mass is 79.9. The SMILES string of the molecule is Cl.Cl.O=C(Cc1csc(-c2cc(Br)cs2)n1)NC1CCCNC1. The van der Waals surface area contributed by atoms with Gasteiger partial charge in [-0.15, -0.1) is 47.5 Å². The molecule has 1 fully saturated rings. The van der Waals surface area contributed by atoms with E-state index >= 15 is 0 Å². The summed E-state index contributed by atoms with van der Waals surface area (Å²) in [6.07, 6.45) is 2.54. The molecule has 0 saturated carbocycles. The van der Waals surface area contributed by atoms with E-state index in [4.69, 9.17) is 0 Å². The van der Waals surface area contributed by atoms with Gasteiger partial charge < -0.3 is 10.6 Å². The summed E-state index contributed by atoms with van der Waals surface area (Å²) < 4.78 is 1.07. The lowest BCUT2D eigenvalue weighted by atomic mass is 10.1. The van der Waals surface area contributed by atoms with Crippen LogP contribution in [0.5, 0.6) is 0 Å². The highest BCUT2D eigenvalue weighted by molar-refractivity contribution is 9.10. The molecule has 9 heteroatoms. The Bertz CT molecular complexity index is 629. The first-order valence-electron chi connectivity index (χ1n) is 6.89. The van der Waals surface area contributed by atoms with E-state index in [1.165, 1.54) is 0 Å². The molecule has 4 nitrogen and oxygen atoms in total. The fourth-order valence-corrected chi connectivity index (χ4v) is 4.67. The van der Waals surface area contributed by atoms with Gasteiger partial charge in [-0.3, -0.25) is 4.79 Å². The molecule has 3 heterocycles. The minimum absolute atomic E-state index is 0. The number of rotatable bonds is 4. The number of piperidine rings is 1. The molecule has 0 spiro atoms. The van der Waals surface area contributed by atoms with Crippen LogP contribution < -0.4 is 10.6 Å². The van der Waals surface area contributed by atoms with Gasteiger partial charge in [0, 0.05) is 27.8 Å². The molecular formula is C14H18BrCl2N3OS2. The Balaban J connectivity index is 0.00000132. The van der Waals surface area contributed by atoms with Gasteiger partial charge in [-0.2, -0.15) is 0 Å². The molecule has 23 heavy (non-hydrogen) atoms. The summed E-state index contributed by atoms with van der Waals surface area (Å²) in [6, 6.07) is 2.32. The van der Waals surface area contributed by atoms with Gasteiger partial charge in [-0.1, -0.05) is 0 Å². The van der Waals surface area contributed by atoms with Crippen molar-refractivity contribution in [3.05, 3.63) is 27.0 Å². The fraction of sp³-hybridized carbons (Fsp3) is 0.429. The second-order valence-electron chi connectivity index (χ2n) is 5.06. The highest BCUT2D eigenvalue weighted by Crippen LogP contribution is 2.32. The smallest absolute Gasteiger partial charge is 0.226 e. The third kappa shape index (κ3) is 5.99. The second-order valence-corrected chi connectivity index (χ2v) is 7.75. The zero-order valence-electron chi connectivity index (χ0n) is 12.2. The number of hydrogen-bond acceptors (Lipinski definition) is 5. The van der Waals surface area contributed by atoms with E-state index < -0.39 is 0 Å². The summed E-state index contributed by atoms with van der Waals surface area (Å²) in [5, 5.41) is 11.4. The monoisotopic (exact) mass is 457 g/mol. The van der Waals surface area contributed by atoms with E-state index in [0.717, 1.165) is 46.0 Å². The maximum atomic E-state index is 12.1. The quantitative estimate of drug-likeness (QED) is 0.730. The van der Waals surface area contributed by atoms with Crippen LogP contribution in [0.4, 0.5) is 0 Å². The molecule has 0 bridgehead atoms. The number of carbonyl (C=O) groups excluding carboxylic acids is 1. The molecule has 1 amide bonds. The van der Waals surface area contributed by atoms with Crippen LogP contribution in [0.2, 0.25) is 0 Å². The van der Waals surface area contributed by atoms with Crippen LogP contribution in [0, 0.1) is 0 Å². The van der Waals surface area contributed by atoms with E-state index in [-0.39, 0.29) is 36.8 Å². The van der Waals surface area contributed by atoms with Crippen LogP contribution in [0.25, 0.3) is 9.88 Å². The van der Waals surface area contributed by atoms with Gasteiger partial charge in [0.25, 0.3) is 0 Å². The molecule has 1 aliphatic heterocycles. The number of nitrogens with one attached hydrogen (secondary N) is 2. The number of aromatic nitrogens is 1. The minimum atomic E-state index is 0. The van der Waals surface area contributed by atoms with Crippen molar-refractivity contribution in [2.75, 3.05) is 13.1 Å². The van der Waals surface area contributed by atoms with Crippen LogP contribution in [-0.2, 0) is 11.2 Å². The molecule has 128 valence electrons. The topological polar surface area (TPSA) is 54.0 Å². The average Bonchev–Trinajstić information content (AvgIpc) is 3.09. The lowest BCUT2D eigenvalue weighted by Crippen LogP contribution is -2.46. The summed E-state index contributed by atoms with van der Waals surface area (Å²) >= 11 is 6.69. The van der Waals surface area contributed by atoms with E-state index in [9.17, 15) is 4.79 Å². The molecule has 0 aliphatic carbocycles. The largest absolute Gasteiger partial charge is 0.352 e. The Morgan fingerprint density at radius 2 is 2.22 bits per heavy atom. The second kappa shape index (κ2) is 9.96. The third-order valence-electron chi connectivity index (χ3n) is 3.33. The predicted octanol–water partition coefficient (Wildman–Crippen LogP) is 3.89. The van der Waals surface area contributed by atoms with Gasteiger partial charge in [0.1, 0.15) is 5.01 Å². The van der Waals surface area contributed by atoms with Crippen LogP contribution >= 0.6 is 63.4 Å². The highest BCUT2D eigenvalue weighted by Gasteiger charge is 2.16. The van der Waals surface area contributed by atoms with Gasteiger partial charge in [-0.25, -0.2) is 4.98 Å². The molecule has 0 radical (unpaired) electrons. The molecule has 1 unspecified atom stereocenters. The summed E-state index contributed by atoms with van der Waals surface area (Å²) in [5.74, 6) is 0.0629. The molecule has 1 saturated heterocycles. The van der Waals surface area contributed by atoms with Crippen LogP contribution in [0.1, 0.15) is 18.5 Å². The van der Waals surface area contributed by atoms with Gasteiger partial charge >= 0.3 is 0 Å². The molecule has 2 N–H and O–H groups in total. The number of thiophene rings is 1. The van der Waals surface area contributed by atoms with E-state index in [1.807, 2.05) is 10.8 Å². The van der Waals surface area contributed by atoms with Crippen molar-refractivity contribution < 1.29 is 4.79 Å². The van der Waals surface area contributed by atoms with Crippen molar-refractivity contribution in [2.24, 2.45) is 0 Å². The molecule has 2 aromatic heterocycles. The van der Waals surface area contributed by atoms with Crippen LogP contribution in [0.3, 0.4) is 0 Å². The Kier molecular flexibility index (Phi) is 9.03. The Labute approximate surface area is 164 Å². The first kappa shape index (κ1) is 20.9. The average molecular weight is 459 g/mol. The van der Waals surface area contributed by atoms with E-state index in [1.54, 1.807) is 22.7 Å². The first-order valence-corrected chi connectivity index (χ1v) is 9.45. The van der Waals surface area contributed by atoms with Crippen molar-refractivity contribution in [3.63, 3.8) is 0 Å². The van der Waals surface area contributed by atoms with Gasteiger partial charge in [0.2, 0.25) is 5.91 Å². The summed E-state index contributed by atoms with van der Waals surface area (Å²) in [4.78, 5) is 17.7. The molecular weight excluding hydrogens is 441 g/mol. The Morgan fingerprint density at radius 1 is 1.39 bits per heavy atom. The number of amides is 1. The summed E-state index contributed by atoms with van der Waals surface area (Å²) in [6.45, 7) is 1.93. The molecule has 0 aromatic carbocycles. The lowest BCUT2D eigenvalue weighted by Gasteiger charge is -2.23. The molecule has 3 rings (SSSR count). The zero-order chi connectivity index (χ0) is 14.7. The minimum Gasteiger partial charge on any atom is -0.352 e. The van der Waals surface area contributed by atoms with Crippen molar-refractivity contribution in [3.8, 4) is 9.88 Å². The van der Waals surface area contributed by atoms with Crippen molar-refractivity contribution >= 4 is 69.3 Å². The van der Waals surface area contributed by atoms with Gasteiger partial charge in [-0.05, 0) is 41.4 Å². The first-order chi connectivity index (χ1) is 10.2. The number of carbonyl (C=O) groups is 1. The normalized spacial score (nSPS) is 17.0. The molecule has 1 atom stereocenters. The zero-order valence-corrected chi connectivity index (χ0v) is 17.1. The van der Waals surface area contributed by atoms with E-state index in [2.05, 4.69) is 37.6 Å². The van der Waals surface area contributed by atoms with Crippen molar-refractivity contribution in [1.29, 1.82) is 0 Å². The van der Waals surface area contributed by atoms with Gasteiger partial charge in [0.05, 0.1) is 17.0 Å². The van der Waals surface area contributed by atoms with Gasteiger partial charge in [0.15, 0.2) is 0 Å². The van der Waals surface area contributed by atoms with E-state index in [0.29, 0.717) is 6.42 Å². The van der Waals surface area contributed by atoms with Crippen molar-refractivity contribution in [2.45, 2.75) is 25.3 Å². The predicted molar refractivity (Wildman–Crippen MR) is 105 cm³/mol. The maximum absolute atomic E-state index is 12.1. The standard InChI is InChI=1S/C14H16BrN3OS2.2ClH/c15-9-4-12(20-7-9)14-18-11(8-21-14)5-13(19)17-10-2-1-3-16-6-10;;/h4,7-8,10,16H,1-3,5-6H2,(H,17,19);2*1H. The van der Waals surface area contributed by atoms with Crippen LogP contribution in [0.15, 0.2) is 21.3 Å². The third-order valence-corrected chi connectivity index (χ3v) is 6.09. The summed E-state index contributed by atoms with van der Waals surface area (Å²) in [5.41, 5.74) is 0.848. The molecule has 2 aromatic rings. The number of nitrogens with zero attached hydrogens (tertiary/aromatic N) is 1. The maximum Gasteiger partial charge on any atom is 0.226 e. The number of thiazole rings is 1. The van der Waals surface area contributed by atoms with Crippen molar-refractivity contribution in [1.82, 2.24) is 15.6 Å².